The van der Waals surface area contributed by atoms with E-state index in [1.54, 1.807) is 6.20 Å². The zero-order valence-electron chi connectivity index (χ0n) is 15.8. The summed E-state index contributed by atoms with van der Waals surface area (Å²) in [4.78, 5) is 19.5. The first-order valence-electron chi connectivity index (χ1n) is 9.63. The molecule has 0 saturated carbocycles. The number of para-hydroxylation sites is 1. The molecule has 0 aliphatic carbocycles. The first kappa shape index (κ1) is 17.3. The minimum atomic E-state index is -0.430. The van der Waals surface area contributed by atoms with E-state index in [9.17, 15) is 9.90 Å². The number of aliphatic hydroxyl groups is 1. The van der Waals surface area contributed by atoms with Crippen LogP contribution in [-0.2, 0) is 11.2 Å². The summed E-state index contributed by atoms with van der Waals surface area (Å²) in [5, 5.41) is 10.2. The van der Waals surface area contributed by atoms with Gasteiger partial charge in [0, 0.05) is 31.4 Å². The standard InChI is InChI=1S/C22H23N3O3/c1-15-5-4-8-25-16(10-23-21(15)25)9-20(27)24-11-18-17-6-2-3-7-19(17)28-14-22(18,12-24)13-26/h2-8,10,18,26H,9,11-14H2,1H3/t18-,22-/m1/s1. The maximum absolute atomic E-state index is 13.1. The summed E-state index contributed by atoms with van der Waals surface area (Å²) in [6.45, 7) is 3.57. The highest BCUT2D eigenvalue weighted by Gasteiger charge is 2.51. The van der Waals surface area contributed by atoms with Gasteiger partial charge in [0.15, 0.2) is 0 Å². The van der Waals surface area contributed by atoms with Gasteiger partial charge in [0.1, 0.15) is 11.4 Å². The van der Waals surface area contributed by atoms with Gasteiger partial charge >= 0.3 is 0 Å². The second-order valence-electron chi connectivity index (χ2n) is 7.98. The lowest BCUT2D eigenvalue weighted by molar-refractivity contribution is -0.130. The largest absolute Gasteiger partial charge is 0.493 e. The van der Waals surface area contributed by atoms with Crippen molar-refractivity contribution in [2.45, 2.75) is 19.3 Å². The van der Waals surface area contributed by atoms with Gasteiger partial charge in [-0.15, -0.1) is 0 Å². The molecule has 2 atom stereocenters. The van der Waals surface area contributed by atoms with Crippen molar-refractivity contribution in [3.63, 3.8) is 0 Å². The fourth-order valence-electron chi connectivity index (χ4n) is 4.66. The predicted molar refractivity (Wildman–Crippen MR) is 104 cm³/mol. The van der Waals surface area contributed by atoms with Gasteiger partial charge in [-0.25, -0.2) is 4.98 Å². The number of carbonyl (C=O) groups is 1. The van der Waals surface area contributed by atoms with Crippen molar-refractivity contribution >= 4 is 11.6 Å². The average molecular weight is 377 g/mol. The Labute approximate surface area is 163 Å². The van der Waals surface area contributed by atoms with Crippen LogP contribution in [0, 0.1) is 12.3 Å². The highest BCUT2D eigenvalue weighted by Crippen LogP contribution is 2.49. The molecule has 6 heteroatoms. The topological polar surface area (TPSA) is 67.1 Å². The minimum absolute atomic E-state index is 0.00455. The molecule has 1 fully saturated rings. The van der Waals surface area contributed by atoms with Gasteiger partial charge in [-0.1, -0.05) is 24.3 Å². The molecule has 1 saturated heterocycles. The molecule has 2 aromatic heterocycles. The zero-order valence-corrected chi connectivity index (χ0v) is 15.8. The number of benzene rings is 1. The maximum atomic E-state index is 13.1. The molecular formula is C22H23N3O3. The highest BCUT2D eigenvalue weighted by atomic mass is 16.5. The van der Waals surface area contributed by atoms with Crippen LogP contribution in [0.5, 0.6) is 5.75 Å². The van der Waals surface area contributed by atoms with Gasteiger partial charge < -0.3 is 19.1 Å². The van der Waals surface area contributed by atoms with Crippen molar-refractivity contribution < 1.29 is 14.6 Å². The number of aryl methyl sites for hydroxylation is 1. The minimum Gasteiger partial charge on any atom is -0.493 e. The van der Waals surface area contributed by atoms with Crippen LogP contribution < -0.4 is 4.74 Å². The van der Waals surface area contributed by atoms with Gasteiger partial charge in [-0.2, -0.15) is 0 Å². The van der Waals surface area contributed by atoms with Gasteiger partial charge in [0.2, 0.25) is 5.91 Å². The van der Waals surface area contributed by atoms with Crippen LogP contribution in [0.2, 0.25) is 0 Å². The molecule has 3 aromatic rings. The lowest BCUT2D eigenvalue weighted by atomic mass is 9.74. The molecule has 2 aliphatic rings. The van der Waals surface area contributed by atoms with E-state index in [0.717, 1.165) is 28.2 Å². The highest BCUT2D eigenvalue weighted by molar-refractivity contribution is 5.79. The molecular weight excluding hydrogens is 354 g/mol. The Morgan fingerprint density at radius 1 is 1.32 bits per heavy atom. The summed E-state index contributed by atoms with van der Waals surface area (Å²) in [5.74, 6) is 1.02. The van der Waals surface area contributed by atoms with E-state index >= 15 is 0 Å². The van der Waals surface area contributed by atoms with E-state index in [4.69, 9.17) is 4.74 Å². The normalized spacial score (nSPS) is 23.4. The number of hydrogen-bond acceptors (Lipinski definition) is 4. The predicted octanol–water partition coefficient (Wildman–Crippen LogP) is 2.18. The first-order chi connectivity index (χ1) is 13.6. The van der Waals surface area contributed by atoms with Crippen molar-refractivity contribution in [2.24, 2.45) is 5.41 Å². The summed E-state index contributed by atoms with van der Waals surface area (Å²) >= 11 is 0. The Kier molecular flexibility index (Phi) is 3.91. The third-order valence-corrected chi connectivity index (χ3v) is 6.26. The van der Waals surface area contributed by atoms with Crippen molar-refractivity contribution in [3.05, 3.63) is 65.6 Å². The number of amides is 1. The number of rotatable bonds is 3. The van der Waals surface area contributed by atoms with Crippen LogP contribution in [-0.4, -0.2) is 51.6 Å². The molecule has 1 aromatic carbocycles. The van der Waals surface area contributed by atoms with E-state index in [1.165, 1.54) is 0 Å². The van der Waals surface area contributed by atoms with Gasteiger partial charge in [-0.3, -0.25) is 4.79 Å². The van der Waals surface area contributed by atoms with Crippen molar-refractivity contribution in [1.82, 2.24) is 14.3 Å². The molecule has 0 radical (unpaired) electrons. The van der Waals surface area contributed by atoms with Crippen molar-refractivity contribution in [3.8, 4) is 5.75 Å². The molecule has 144 valence electrons. The molecule has 0 bridgehead atoms. The van der Waals surface area contributed by atoms with E-state index in [0.29, 0.717) is 26.1 Å². The maximum Gasteiger partial charge on any atom is 0.228 e. The second-order valence-corrected chi connectivity index (χ2v) is 7.98. The SMILES string of the molecule is Cc1cccn2c(CC(=O)N3C[C@@H]4c5ccccc5OC[C@]4(CO)C3)cnc12. The molecule has 2 aliphatic heterocycles. The van der Waals surface area contributed by atoms with Gasteiger partial charge in [0.05, 0.1) is 30.7 Å². The van der Waals surface area contributed by atoms with Crippen molar-refractivity contribution in [1.29, 1.82) is 0 Å². The number of imidazole rings is 1. The van der Waals surface area contributed by atoms with E-state index in [1.807, 2.05) is 58.8 Å². The van der Waals surface area contributed by atoms with Crippen LogP contribution in [0.15, 0.2) is 48.8 Å². The quantitative estimate of drug-likeness (QED) is 0.760. The molecule has 0 unspecified atom stereocenters. The molecule has 1 N–H and O–H groups in total. The summed E-state index contributed by atoms with van der Waals surface area (Å²) in [5.41, 5.74) is 3.51. The zero-order chi connectivity index (χ0) is 19.3. The van der Waals surface area contributed by atoms with Crippen LogP contribution in [0.4, 0.5) is 0 Å². The van der Waals surface area contributed by atoms with Crippen LogP contribution in [0.25, 0.3) is 5.65 Å². The molecule has 4 heterocycles. The lowest BCUT2D eigenvalue weighted by Crippen LogP contribution is -2.42. The number of aliphatic hydroxyl groups excluding tert-OH is 1. The second kappa shape index (κ2) is 6.34. The van der Waals surface area contributed by atoms with Crippen molar-refractivity contribution in [2.75, 3.05) is 26.3 Å². The molecule has 1 amide bonds. The summed E-state index contributed by atoms with van der Waals surface area (Å²) in [6.07, 6.45) is 4.02. The fourth-order valence-corrected chi connectivity index (χ4v) is 4.66. The number of ether oxygens (including phenoxy) is 1. The lowest BCUT2D eigenvalue weighted by Gasteiger charge is -2.37. The average Bonchev–Trinajstić information content (AvgIpc) is 3.31. The number of hydrogen-bond donors (Lipinski definition) is 1. The summed E-state index contributed by atoms with van der Waals surface area (Å²) in [6, 6.07) is 11.9. The van der Waals surface area contributed by atoms with Gasteiger partial charge in [-0.05, 0) is 30.2 Å². The van der Waals surface area contributed by atoms with Crippen LogP contribution in [0.1, 0.15) is 22.7 Å². The third kappa shape index (κ3) is 2.52. The first-order valence-corrected chi connectivity index (χ1v) is 9.63. The third-order valence-electron chi connectivity index (χ3n) is 6.26. The Morgan fingerprint density at radius 2 is 2.18 bits per heavy atom. The van der Waals surface area contributed by atoms with E-state index in [2.05, 4.69) is 4.98 Å². The van der Waals surface area contributed by atoms with Crippen LogP contribution >= 0.6 is 0 Å². The Morgan fingerprint density at radius 3 is 3.04 bits per heavy atom. The van der Waals surface area contributed by atoms with E-state index in [-0.39, 0.29) is 18.4 Å². The number of fused-ring (bicyclic) bond motifs is 4. The number of pyridine rings is 1. The number of likely N-dealkylation sites (tertiary alicyclic amines) is 1. The molecule has 28 heavy (non-hydrogen) atoms. The molecule has 0 spiro atoms. The molecule has 6 nitrogen and oxygen atoms in total. The Balaban J connectivity index is 1.42. The van der Waals surface area contributed by atoms with Gasteiger partial charge in [0.25, 0.3) is 0 Å². The fraction of sp³-hybridized carbons (Fsp3) is 0.364. The van der Waals surface area contributed by atoms with E-state index < -0.39 is 5.41 Å². The molecule has 5 rings (SSSR count). The smallest absolute Gasteiger partial charge is 0.228 e. The Bertz CT molecular complexity index is 1060. The Hall–Kier alpha value is -2.86. The number of nitrogens with zero attached hydrogens (tertiary/aromatic N) is 3. The number of carbonyl (C=O) groups excluding carboxylic acids is 1. The van der Waals surface area contributed by atoms with Crippen LogP contribution in [0.3, 0.4) is 0 Å². The monoisotopic (exact) mass is 377 g/mol. The number of aromatic nitrogens is 2. The summed E-state index contributed by atoms with van der Waals surface area (Å²) in [7, 11) is 0. The summed E-state index contributed by atoms with van der Waals surface area (Å²) < 4.78 is 7.91.